The molecule has 1 heterocycles. The minimum Gasteiger partial charge on any atom is -0.399 e. The molecule has 44 heavy (non-hydrogen) atoms. The molecule has 2 N–H and O–H groups in total. The van der Waals surface area contributed by atoms with E-state index in [0.717, 1.165) is 43.0 Å². The first-order valence-corrected chi connectivity index (χ1v) is 15.8. The molecule has 7 heteroatoms. The molecule has 0 saturated carbocycles. The van der Waals surface area contributed by atoms with Gasteiger partial charge < -0.3 is 10.6 Å². The summed E-state index contributed by atoms with van der Waals surface area (Å²) in [5, 5.41) is 0. The van der Waals surface area contributed by atoms with Crippen LogP contribution in [0, 0.1) is 18.7 Å². The average Bonchev–Trinajstić information content (AvgIpc) is 3.39. The van der Waals surface area contributed by atoms with Crippen molar-refractivity contribution in [3.63, 3.8) is 0 Å². The average molecular weight is 619 g/mol. The van der Waals surface area contributed by atoms with Crippen LogP contribution in [-0.4, -0.2) is 37.9 Å². The van der Waals surface area contributed by atoms with E-state index in [9.17, 15) is 13.2 Å². The number of aryl methyl sites for hydroxylation is 2. The van der Waals surface area contributed by atoms with Crippen molar-refractivity contribution in [2.75, 3.05) is 38.7 Å². The van der Waals surface area contributed by atoms with E-state index in [1.165, 1.54) is 52.9 Å². The number of anilines is 1. The minimum absolute atomic E-state index is 0.162. The largest absolute Gasteiger partial charge is 0.399 e. The quantitative estimate of drug-likeness (QED) is 0.220. The third-order valence-electron chi connectivity index (χ3n) is 7.41. The van der Waals surface area contributed by atoms with Gasteiger partial charge in [-0.05, 0) is 116 Å². The molecule has 1 fully saturated rings. The molecule has 0 spiro atoms. The van der Waals surface area contributed by atoms with Crippen molar-refractivity contribution in [3.05, 3.63) is 100 Å². The second-order valence-electron chi connectivity index (χ2n) is 10.9. The number of benzene rings is 3. The van der Waals surface area contributed by atoms with Crippen LogP contribution in [-0.2, 0) is 6.42 Å². The van der Waals surface area contributed by atoms with E-state index < -0.39 is 0 Å². The molecule has 1 saturated heterocycles. The number of nitrogen functional groups attached to an aromatic ring is 1. The zero-order chi connectivity index (χ0) is 32.9. The second-order valence-corrected chi connectivity index (χ2v) is 10.9. The van der Waals surface area contributed by atoms with Gasteiger partial charge in [-0.1, -0.05) is 75.7 Å². The summed E-state index contributed by atoms with van der Waals surface area (Å²) in [6, 6.07) is 21.7. The molecule has 1 atom stereocenters. The third kappa shape index (κ3) is 12.8. The molecule has 3 aromatic carbocycles. The number of allylic oxidation sites excluding steroid dienone is 1. The highest BCUT2D eigenvalue weighted by Crippen LogP contribution is 2.40. The molecule has 0 amide bonds. The molecule has 5 rings (SSSR count). The van der Waals surface area contributed by atoms with Gasteiger partial charge in [0.05, 0.1) is 13.3 Å². The zero-order valence-electron chi connectivity index (χ0n) is 27.1. The number of halogens is 5. The normalized spacial score (nSPS) is 15.5. The van der Waals surface area contributed by atoms with E-state index in [1.807, 2.05) is 32.0 Å². The van der Waals surface area contributed by atoms with Crippen LogP contribution >= 0.6 is 0 Å². The van der Waals surface area contributed by atoms with Crippen molar-refractivity contribution in [3.8, 4) is 0 Å². The summed E-state index contributed by atoms with van der Waals surface area (Å²) in [5.74, 6) is 0.632. The lowest BCUT2D eigenvalue weighted by Gasteiger charge is -2.17. The summed E-state index contributed by atoms with van der Waals surface area (Å²) in [5.41, 5.74) is 15.4. The van der Waals surface area contributed by atoms with Crippen LogP contribution in [0.2, 0.25) is 0 Å². The Kier molecular flexibility index (Phi) is 19.7. The van der Waals surface area contributed by atoms with E-state index in [1.54, 1.807) is 19.1 Å². The molecule has 2 aliphatic rings. The molecule has 0 bridgehead atoms. The predicted molar refractivity (Wildman–Crippen MR) is 178 cm³/mol. The van der Waals surface area contributed by atoms with E-state index in [2.05, 4.69) is 55.1 Å². The molecular weight excluding hydrogens is 567 g/mol. The van der Waals surface area contributed by atoms with Crippen molar-refractivity contribution in [2.24, 2.45) is 5.92 Å². The number of alkyl halides is 2. The first-order valence-electron chi connectivity index (χ1n) is 15.8. The van der Waals surface area contributed by atoms with E-state index in [4.69, 9.17) is 14.9 Å². The van der Waals surface area contributed by atoms with Crippen molar-refractivity contribution >= 4 is 16.8 Å². The monoisotopic (exact) mass is 618 g/mol. The Morgan fingerprint density at radius 1 is 0.864 bits per heavy atom. The predicted octanol–water partition coefficient (Wildman–Crippen LogP) is 10.9. The van der Waals surface area contributed by atoms with Gasteiger partial charge in [0.15, 0.2) is 0 Å². The summed E-state index contributed by atoms with van der Waals surface area (Å²) in [6.07, 6.45) is 5.68. The summed E-state index contributed by atoms with van der Waals surface area (Å²) in [4.78, 5) is 2.35. The van der Waals surface area contributed by atoms with E-state index in [-0.39, 0.29) is 19.2 Å². The van der Waals surface area contributed by atoms with Crippen molar-refractivity contribution in [1.29, 1.82) is 0 Å². The van der Waals surface area contributed by atoms with Gasteiger partial charge in [-0.2, -0.15) is 0 Å². The number of nitrogens with zero attached hydrogens (tertiary/aromatic N) is 1. The lowest BCUT2D eigenvalue weighted by Crippen LogP contribution is -2.21. The fourth-order valence-electron chi connectivity index (χ4n) is 5.31. The fraction of sp³-hybridized carbons (Fsp3) is 0.459. The summed E-state index contributed by atoms with van der Waals surface area (Å²) < 4.78 is 51.9. The third-order valence-corrected chi connectivity index (χ3v) is 7.41. The standard InChI is InChI=1S/C24H22FN.C8H16FN.C3H7F.C2H6.F2/c1-16-5-7-18(8-6-16)24-22(17-9-11-20(25)12-10-17)4-2-3-19-15-21(26)13-14-23(19)24;1-8-3-6-10(7-8)5-2-4-9;1-2-3-4;2*1-2/h5-15H,2-4,26H2,1H3;8H,2-7H2,1H3;2-3H2,1H3;1-2H3;. The lowest BCUT2D eigenvalue weighted by atomic mass is 9.87. The van der Waals surface area contributed by atoms with Crippen LogP contribution in [0.4, 0.5) is 28.0 Å². The van der Waals surface area contributed by atoms with Gasteiger partial charge in [0.25, 0.3) is 0 Å². The van der Waals surface area contributed by atoms with Gasteiger partial charge in [0, 0.05) is 27.9 Å². The van der Waals surface area contributed by atoms with Crippen LogP contribution in [0.3, 0.4) is 0 Å². The van der Waals surface area contributed by atoms with Gasteiger partial charge in [-0.25, -0.2) is 4.39 Å². The van der Waals surface area contributed by atoms with Crippen LogP contribution in [0.5, 0.6) is 0 Å². The highest BCUT2D eigenvalue weighted by atomic mass is 20.0. The fourth-order valence-corrected chi connectivity index (χ4v) is 5.31. The minimum atomic E-state index is -0.201. The number of nitrogens with two attached hydrogens (primary N) is 1. The number of hydrogen-bond acceptors (Lipinski definition) is 2. The highest BCUT2D eigenvalue weighted by Gasteiger charge is 2.20. The van der Waals surface area contributed by atoms with Gasteiger partial charge in [-0.3, -0.25) is 8.78 Å². The molecular formula is C37H51F5N2. The number of hydrogen-bond donors (Lipinski definition) is 1. The van der Waals surface area contributed by atoms with E-state index in [0.29, 0.717) is 12.8 Å². The van der Waals surface area contributed by atoms with Crippen LogP contribution < -0.4 is 5.73 Å². The van der Waals surface area contributed by atoms with Crippen molar-refractivity contribution in [2.45, 2.75) is 73.1 Å². The first-order chi connectivity index (χ1) is 21.4. The molecule has 1 unspecified atom stereocenters. The van der Waals surface area contributed by atoms with Gasteiger partial charge in [0.1, 0.15) is 5.82 Å². The SMILES string of the molecule is CC.CC1CCN(CCCF)C1.CCCF.Cc1ccc(C2=C(c3ccc(F)cc3)CCCc3cc(N)ccc32)cc1.FF. The maximum absolute atomic E-state index is 13.5. The Bertz CT molecular complexity index is 1210. The molecule has 0 aromatic heterocycles. The topological polar surface area (TPSA) is 29.3 Å². The smallest absolute Gasteiger partial charge is 0.123 e. The van der Waals surface area contributed by atoms with E-state index >= 15 is 0 Å². The summed E-state index contributed by atoms with van der Waals surface area (Å²) in [7, 11) is 0. The van der Waals surface area contributed by atoms with Crippen LogP contribution in [0.1, 0.15) is 87.6 Å². The summed E-state index contributed by atoms with van der Waals surface area (Å²) >= 11 is 0. The van der Waals surface area contributed by atoms with Gasteiger partial charge >= 0.3 is 0 Å². The Balaban J connectivity index is 0.000000446. The zero-order valence-corrected chi connectivity index (χ0v) is 27.1. The van der Waals surface area contributed by atoms with Crippen LogP contribution in [0.15, 0.2) is 66.7 Å². The molecule has 2 nitrogen and oxygen atoms in total. The maximum Gasteiger partial charge on any atom is 0.123 e. The van der Waals surface area contributed by atoms with Gasteiger partial charge in [0.2, 0.25) is 0 Å². The number of rotatable bonds is 6. The maximum atomic E-state index is 13.5. The number of fused-ring (bicyclic) bond motifs is 1. The van der Waals surface area contributed by atoms with Crippen LogP contribution in [0.25, 0.3) is 11.1 Å². The Morgan fingerprint density at radius 3 is 2.02 bits per heavy atom. The lowest BCUT2D eigenvalue weighted by molar-refractivity contribution is 0.108. The Labute approximate surface area is 262 Å². The number of likely N-dealkylation sites (tertiary alicyclic amines) is 1. The molecule has 1 aliphatic heterocycles. The van der Waals surface area contributed by atoms with Crippen molar-refractivity contribution in [1.82, 2.24) is 4.90 Å². The summed E-state index contributed by atoms with van der Waals surface area (Å²) in [6.45, 7) is 13.1. The molecule has 0 radical (unpaired) electrons. The molecule has 3 aromatic rings. The van der Waals surface area contributed by atoms with Gasteiger partial charge in [-0.15, -0.1) is 0 Å². The van der Waals surface area contributed by atoms with Crippen molar-refractivity contribution < 1.29 is 22.3 Å². The Morgan fingerprint density at radius 2 is 1.48 bits per heavy atom. The Hall–Kier alpha value is -3.19. The highest BCUT2D eigenvalue weighted by molar-refractivity contribution is 6.00. The first kappa shape index (κ1) is 38.8. The second kappa shape index (κ2) is 22.3. The molecule has 244 valence electrons. The molecule has 1 aliphatic carbocycles.